The molecule has 0 aliphatic heterocycles. The first-order valence-corrected chi connectivity index (χ1v) is 7.11. The van der Waals surface area contributed by atoms with Crippen LogP contribution >= 0.6 is 39.1 Å². The van der Waals surface area contributed by atoms with Crippen LogP contribution in [0, 0.1) is 11.6 Å². The Morgan fingerprint density at radius 3 is 2.42 bits per heavy atom. The third-order valence-electron chi connectivity index (χ3n) is 2.70. The van der Waals surface area contributed by atoms with Gasteiger partial charge >= 0.3 is 0 Å². The lowest BCUT2D eigenvalue weighted by molar-refractivity contribution is 0.507. The SMILES string of the molecule is Fc1ccc(CC(Cl)c2ccc(Br)cc2Cl)cc1F. The van der Waals surface area contributed by atoms with Gasteiger partial charge in [-0.25, -0.2) is 8.78 Å². The molecule has 0 N–H and O–H groups in total. The van der Waals surface area contributed by atoms with Crippen LogP contribution in [0.4, 0.5) is 8.78 Å². The van der Waals surface area contributed by atoms with Gasteiger partial charge < -0.3 is 0 Å². The van der Waals surface area contributed by atoms with E-state index in [1.807, 2.05) is 12.1 Å². The van der Waals surface area contributed by atoms with E-state index < -0.39 is 17.0 Å². The average Bonchev–Trinajstić information content (AvgIpc) is 2.33. The molecule has 2 rings (SSSR count). The monoisotopic (exact) mass is 364 g/mol. The van der Waals surface area contributed by atoms with Crippen molar-refractivity contribution in [2.24, 2.45) is 0 Å². The fourth-order valence-electron chi connectivity index (χ4n) is 1.74. The minimum absolute atomic E-state index is 0.375. The van der Waals surface area contributed by atoms with Crippen molar-refractivity contribution in [1.29, 1.82) is 0 Å². The summed E-state index contributed by atoms with van der Waals surface area (Å²) in [5.74, 6) is -1.74. The van der Waals surface area contributed by atoms with Gasteiger partial charge in [0.15, 0.2) is 11.6 Å². The number of benzene rings is 2. The molecule has 0 aromatic heterocycles. The van der Waals surface area contributed by atoms with Crippen LogP contribution < -0.4 is 0 Å². The molecule has 0 bridgehead atoms. The highest BCUT2D eigenvalue weighted by Gasteiger charge is 2.14. The van der Waals surface area contributed by atoms with Crippen LogP contribution in [0.25, 0.3) is 0 Å². The van der Waals surface area contributed by atoms with Crippen LogP contribution in [0.5, 0.6) is 0 Å². The molecule has 5 heteroatoms. The molecule has 0 fully saturated rings. The zero-order valence-electron chi connectivity index (χ0n) is 9.64. The molecule has 0 radical (unpaired) electrons. The van der Waals surface area contributed by atoms with Crippen LogP contribution in [0.3, 0.4) is 0 Å². The Morgan fingerprint density at radius 2 is 1.79 bits per heavy atom. The van der Waals surface area contributed by atoms with E-state index in [1.54, 1.807) is 6.07 Å². The smallest absolute Gasteiger partial charge is 0.159 e. The van der Waals surface area contributed by atoms with Crippen molar-refractivity contribution >= 4 is 39.1 Å². The first kappa shape index (κ1) is 14.8. The van der Waals surface area contributed by atoms with Crippen molar-refractivity contribution in [3.8, 4) is 0 Å². The maximum atomic E-state index is 13.1. The van der Waals surface area contributed by atoms with E-state index in [2.05, 4.69) is 15.9 Å². The highest BCUT2D eigenvalue weighted by atomic mass is 79.9. The van der Waals surface area contributed by atoms with Gasteiger partial charge in [-0.15, -0.1) is 11.6 Å². The molecule has 0 saturated heterocycles. The molecular formula is C14H9BrCl2F2. The Bertz CT molecular complexity index is 602. The molecule has 2 aromatic carbocycles. The van der Waals surface area contributed by atoms with E-state index in [0.29, 0.717) is 17.0 Å². The summed E-state index contributed by atoms with van der Waals surface area (Å²) in [6.45, 7) is 0. The molecule has 19 heavy (non-hydrogen) atoms. The van der Waals surface area contributed by atoms with Crippen molar-refractivity contribution in [3.63, 3.8) is 0 Å². The number of halogens is 5. The van der Waals surface area contributed by atoms with E-state index >= 15 is 0 Å². The molecular weight excluding hydrogens is 357 g/mol. The Hall–Kier alpha value is -0.640. The van der Waals surface area contributed by atoms with Gasteiger partial charge in [0.2, 0.25) is 0 Å². The highest BCUT2D eigenvalue weighted by molar-refractivity contribution is 9.10. The van der Waals surface area contributed by atoms with Crippen LogP contribution in [0.15, 0.2) is 40.9 Å². The van der Waals surface area contributed by atoms with Gasteiger partial charge in [-0.2, -0.15) is 0 Å². The Kier molecular flexibility index (Phi) is 4.82. The Morgan fingerprint density at radius 1 is 1.05 bits per heavy atom. The normalized spacial score (nSPS) is 12.5. The van der Waals surface area contributed by atoms with E-state index in [1.165, 1.54) is 6.07 Å². The summed E-state index contributed by atoms with van der Waals surface area (Å²) in [7, 11) is 0. The van der Waals surface area contributed by atoms with Gasteiger partial charge in [0.25, 0.3) is 0 Å². The lowest BCUT2D eigenvalue weighted by Crippen LogP contribution is -1.98. The molecule has 0 heterocycles. The third-order valence-corrected chi connectivity index (χ3v) is 3.91. The van der Waals surface area contributed by atoms with Crippen molar-refractivity contribution in [2.45, 2.75) is 11.8 Å². The van der Waals surface area contributed by atoms with Gasteiger partial charge in [0, 0.05) is 9.50 Å². The predicted molar refractivity (Wildman–Crippen MR) is 77.8 cm³/mol. The van der Waals surface area contributed by atoms with Crippen LogP contribution in [0.1, 0.15) is 16.5 Å². The van der Waals surface area contributed by atoms with Crippen molar-refractivity contribution in [3.05, 3.63) is 68.7 Å². The lowest BCUT2D eigenvalue weighted by atomic mass is 10.0. The summed E-state index contributed by atoms with van der Waals surface area (Å²) in [6, 6.07) is 9.15. The topological polar surface area (TPSA) is 0 Å². The molecule has 0 nitrogen and oxygen atoms in total. The zero-order chi connectivity index (χ0) is 14.0. The molecule has 0 spiro atoms. The van der Waals surface area contributed by atoms with Gasteiger partial charge in [0.1, 0.15) is 0 Å². The maximum Gasteiger partial charge on any atom is 0.159 e. The fourth-order valence-corrected chi connectivity index (χ4v) is 2.97. The van der Waals surface area contributed by atoms with Crippen LogP contribution in [-0.4, -0.2) is 0 Å². The summed E-state index contributed by atoms with van der Waals surface area (Å²) in [5, 5.41) is 0.141. The molecule has 0 aliphatic rings. The minimum atomic E-state index is -0.872. The summed E-state index contributed by atoms with van der Waals surface area (Å²) in [5.41, 5.74) is 1.38. The average molecular weight is 366 g/mol. The minimum Gasteiger partial charge on any atom is -0.204 e. The predicted octanol–water partition coefficient (Wildman–Crippen LogP) is 5.90. The number of hydrogen-bond acceptors (Lipinski definition) is 0. The Balaban J connectivity index is 2.20. The second-order valence-electron chi connectivity index (χ2n) is 4.09. The first-order chi connectivity index (χ1) is 8.97. The summed E-state index contributed by atoms with van der Waals surface area (Å²) < 4.78 is 26.8. The third kappa shape index (κ3) is 3.68. The van der Waals surface area contributed by atoms with Gasteiger partial charge in [0.05, 0.1) is 5.38 Å². The van der Waals surface area contributed by atoms with Gasteiger partial charge in [-0.1, -0.05) is 39.7 Å². The molecule has 1 unspecified atom stereocenters. The summed E-state index contributed by atoms with van der Waals surface area (Å²) in [4.78, 5) is 0. The number of alkyl halides is 1. The molecule has 2 aromatic rings. The standard InChI is InChI=1S/C14H9BrCl2F2/c15-9-2-3-10(12(17)7-9)11(16)5-8-1-4-13(18)14(19)6-8/h1-4,6-7,11H,5H2. The largest absolute Gasteiger partial charge is 0.204 e. The van der Waals surface area contributed by atoms with E-state index in [4.69, 9.17) is 23.2 Å². The lowest BCUT2D eigenvalue weighted by Gasteiger charge is -2.12. The molecule has 100 valence electrons. The Labute approximate surface area is 128 Å². The molecule has 1 atom stereocenters. The van der Waals surface area contributed by atoms with Crippen LogP contribution in [0.2, 0.25) is 5.02 Å². The number of rotatable bonds is 3. The summed E-state index contributed by atoms with van der Waals surface area (Å²) >= 11 is 15.7. The second kappa shape index (κ2) is 6.21. The summed E-state index contributed by atoms with van der Waals surface area (Å²) in [6.07, 6.45) is 0.375. The van der Waals surface area contributed by atoms with Gasteiger partial charge in [-0.3, -0.25) is 0 Å². The van der Waals surface area contributed by atoms with E-state index in [9.17, 15) is 8.78 Å². The molecule has 0 aliphatic carbocycles. The first-order valence-electron chi connectivity index (χ1n) is 5.50. The fraction of sp³-hybridized carbons (Fsp3) is 0.143. The van der Waals surface area contributed by atoms with Crippen LogP contribution in [-0.2, 0) is 6.42 Å². The zero-order valence-corrected chi connectivity index (χ0v) is 12.7. The molecule has 0 amide bonds. The highest BCUT2D eigenvalue weighted by Crippen LogP contribution is 2.32. The quantitative estimate of drug-likeness (QED) is 0.593. The van der Waals surface area contributed by atoms with E-state index in [0.717, 1.165) is 22.2 Å². The number of hydrogen-bond donors (Lipinski definition) is 0. The van der Waals surface area contributed by atoms with Crippen molar-refractivity contribution < 1.29 is 8.78 Å². The van der Waals surface area contributed by atoms with Crippen molar-refractivity contribution in [2.75, 3.05) is 0 Å². The molecule has 0 saturated carbocycles. The van der Waals surface area contributed by atoms with E-state index in [-0.39, 0.29) is 0 Å². The maximum absolute atomic E-state index is 13.1. The van der Waals surface area contributed by atoms with Crippen molar-refractivity contribution in [1.82, 2.24) is 0 Å². The van der Waals surface area contributed by atoms with Gasteiger partial charge in [-0.05, 0) is 41.8 Å². The second-order valence-corrected chi connectivity index (χ2v) is 5.94.